The number of phosphoric acid groups is 2. The minimum Gasteiger partial charge on any atom is -0.387 e. The van der Waals surface area contributed by atoms with E-state index in [4.69, 9.17) is 19.4 Å². The molecule has 14 nitrogen and oxygen atoms in total. The number of phosphoric ester groups is 1. The number of aliphatic hydroxyl groups is 2. The topological polar surface area (TPSA) is 218 Å². The van der Waals surface area contributed by atoms with Gasteiger partial charge in [0, 0.05) is 0 Å². The van der Waals surface area contributed by atoms with Crippen molar-refractivity contribution in [2.75, 3.05) is 6.61 Å². The second-order valence-corrected chi connectivity index (χ2v) is 7.86. The molecule has 1 aromatic heterocycles. The predicted octanol–water partition coefficient (Wildman–Crippen LogP) is -5.47. The van der Waals surface area contributed by atoms with Gasteiger partial charge in [0.1, 0.15) is 18.3 Å². The molecule has 0 aliphatic carbocycles. The van der Waals surface area contributed by atoms with E-state index in [1.807, 2.05) is 0 Å². The molecule has 1 aliphatic rings. The van der Waals surface area contributed by atoms with Crippen LogP contribution in [-0.4, -0.2) is 59.4 Å². The van der Waals surface area contributed by atoms with Crippen molar-refractivity contribution in [3.63, 3.8) is 0 Å². The van der Waals surface area contributed by atoms with E-state index in [1.54, 1.807) is 4.98 Å². The van der Waals surface area contributed by atoms with Crippen molar-refractivity contribution in [2.24, 2.45) is 0 Å². The average molecular weight is 429 g/mol. The number of rotatable bonds is 6. The summed E-state index contributed by atoms with van der Waals surface area (Å²) < 4.78 is 48.4. The molecular weight excluding hydrogens is 416 g/mol. The van der Waals surface area contributed by atoms with Gasteiger partial charge >= 0.3 is 40.2 Å². The maximum absolute atomic E-state index is 13.3. The van der Waals surface area contributed by atoms with Crippen LogP contribution in [0.4, 0.5) is 4.39 Å². The first-order valence-electron chi connectivity index (χ1n) is 6.57. The molecule has 27 heavy (non-hydrogen) atoms. The van der Waals surface area contributed by atoms with Gasteiger partial charge in [0.15, 0.2) is 6.23 Å². The zero-order valence-corrected chi connectivity index (χ0v) is 15.2. The summed E-state index contributed by atoms with van der Waals surface area (Å²) in [6.07, 6.45) is -6.50. The van der Waals surface area contributed by atoms with Crippen LogP contribution in [0.25, 0.3) is 0 Å². The summed E-state index contributed by atoms with van der Waals surface area (Å²) in [5, 5.41) is 19.7. The SMILES string of the molecule is O=c1[nH]c(=O)n(C2OC(COP(=O)(O)OP(=O)(O)O)C(O)C2O)cc1F.[Li+]. The molecule has 2 heterocycles. The van der Waals surface area contributed by atoms with E-state index in [0.717, 1.165) is 0 Å². The van der Waals surface area contributed by atoms with Gasteiger partial charge in [-0.05, 0) is 0 Å². The minimum atomic E-state index is -5.36. The minimum absolute atomic E-state index is 0. The molecule has 0 aromatic carbocycles. The van der Waals surface area contributed by atoms with Crippen LogP contribution >= 0.6 is 15.6 Å². The Kier molecular flexibility index (Phi) is 7.94. The molecule has 0 saturated carbocycles. The monoisotopic (exact) mass is 429 g/mol. The van der Waals surface area contributed by atoms with Crippen LogP contribution in [0.1, 0.15) is 6.23 Å². The quantitative estimate of drug-likeness (QED) is 0.184. The Labute approximate surface area is 160 Å². The third-order valence-corrected chi connectivity index (χ3v) is 5.30. The molecule has 2 rings (SSSR count). The summed E-state index contributed by atoms with van der Waals surface area (Å²) in [6, 6.07) is 0. The summed E-state index contributed by atoms with van der Waals surface area (Å²) in [7, 11) is -10.6. The van der Waals surface area contributed by atoms with Crippen molar-refractivity contribution >= 4 is 15.6 Å². The number of aromatic amines is 1. The largest absolute Gasteiger partial charge is 1.00 e. The van der Waals surface area contributed by atoms with Crippen LogP contribution in [0.3, 0.4) is 0 Å². The summed E-state index contributed by atoms with van der Waals surface area (Å²) in [5.74, 6) is -1.38. The van der Waals surface area contributed by atoms with Gasteiger partial charge in [-0.25, -0.2) is 13.9 Å². The second-order valence-electron chi connectivity index (χ2n) is 5.03. The zero-order chi connectivity index (χ0) is 19.9. The first-order chi connectivity index (χ1) is 11.8. The van der Waals surface area contributed by atoms with Crippen molar-refractivity contribution in [1.29, 1.82) is 0 Å². The van der Waals surface area contributed by atoms with Gasteiger partial charge in [-0.15, -0.1) is 0 Å². The Morgan fingerprint density at radius 3 is 2.37 bits per heavy atom. The summed E-state index contributed by atoms with van der Waals surface area (Å²) in [6.45, 7) is -0.997. The fourth-order valence-electron chi connectivity index (χ4n) is 2.07. The third kappa shape index (κ3) is 6.16. The van der Waals surface area contributed by atoms with Crippen LogP contribution in [0.2, 0.25) is 0 Å². The van der Waals surface area contributed by atoms with E-state index in [1.165, 1.54) is 0 Å². The predicted molar refractivity (Wildman–Crippen MR) is 76.1 cm³/mol. The smallest absolute Gasteiger partial charge is 0.387 e. The molecule has 0 bridgehead atoms. The maximum Gasteiger partial charge on any atom is 1.00 e. The van der Waals surface area contributed by atoms with Crippen molar-refractivity contribution < 1.29 is 70.8 Å². The number of hydrogen-bond acceptors (Lipinski definition) is 9. The van der Waals surface area contributed by atoms with E-state index in [2.05, 4.69) is 8.83 Å². The van der Waals surface area contributed by atoms with Crippen LogP contribution in [0.5, 0.6) is 0 Å². The van der Waals surface area contributed by atoms with Gasteiger partial charge in [0.05, 0.1) is 12.8 Å². The molecule has 1 aliphatic heterocycles. The Bertz CT molecular complexity index is 884. The molecule has 1 aromatic rings. The summed E-state index contributed by atoms with van der Waals surface area (Å²) >= 11 is 0. The first kappa shape index (κ1) is 24.4. The van der Waals surface area contributed by atoms with Crippen LogP contribution in [-0.2, 0) is 22.7 Å². The van der Waals surface area contributed by atoms with Gasteiger partial charge in [-0.2, -0.15) is 8.70 Å². The summed E-state index contributed by atoms with van der Waals surface area (Å²) in [5.41, 5.74) is -2.50. The Morgan fingerprint density at radius 2 is 1.81 bits per heavy atom. The molecule has 0 amide bonds. The second kappa shape index (κ2) is 8.79. The van der Waals surface area contributed by atoms with E-state index >= 15 is 0 Å². The van der Waals surface area contributed by atoms with Gasteiger partial charge in [-0.3, -0.25) is 18.9 Å². The molecular formula is C9H13FLiN2O12P2+. The maximum atomic E-state index is 13.3. The average Bonchev–Trinajstić information content (AvgIpc) is 2.75. The van der Waals surface area contributed by atoms with E-state index < -0.39 is 63.9 Å². The van der Waals surface area contributed by atoms with Crippen LogP contribution < -0.4 is 30.1 Å². The number of ether oxygens (including phenoxy) is 1. The van der Waals surface area contributed by atoms with Gasteiger partial charge in [-0.1, -0.05) is 0 Å². The number of aliphatic hydroxyl groups excluding tert-OH is 2. The van der Waals surface area contributed by atoms with Gasteiger partial charge in [0.2, 0.25) is 5.82 Å². The molecule has 1 saturated heterocycles. The van der Waals surface area contributed by atoms with Crippen molar-refractivity contribution in [2.45, 2.75) is 24.5 Å². The molecule has 148 valence electrons. The van der Waals surface area contributed by atoms with Crippen LogP contribution in [0, 0.1) is 5.82 Å². The van der Waals surface area contributed by atoms with Crippen LogP contribution in [0.15, 0.2) is 15.8 Å². The standard InChI is InChI=1S/C9H13FN2O12P2.Li/c10-3-1-12(9(16)11-7(3)15)8-6(14)5(13)4(23-8)2-22-26(20,21)24-25(17,18)19;/h1,4-6,8,13-14H,2H2,(H,20,21)(H,11,15,16)(H2,17,18,19);/q;+1. The van der Waals surface area contributed by atoms with Gasteiger partial charge < -0.3 is 29.6 Å². The van der Waals surface area contributed by atoms with Crippen molar-refractivity contribution in [1.82, 2.24) is 9.55 Å². The van der Waals surface area contributed by atoms with E-state index in [0.29, 0.717) is 10.8 Å². The Morgan fingerprint density at radius 1 is 1.22 bits per heavy atom. The van der Waals surface area contributed by atoms with E-state index in [-0.39, 0.29) is 18.9 Å². The number of nitrogens with zero attached hydrogens (tertiary/aromatic N) is 1. The molecule has 5 atom stereocenters. The number of nitrogens with one attached hydrogen (secondary N) is 1. The molecule has 0 radical (unpaired) electrons. The zero-order valence-electron chi connectivity index (χ0n) is 13.4. The normalized spacial score (nSPS) is 27.8. The molecule has 18 heteroatoms. The molecule has 1 fully saturated rings. The van der Waals surface area contributed by atoms with Crippen molar-refractivity contribution in [3.8, 4) is 0 Å². The Balaban J connectivity index is 0.00000364. The number of hydrogen-bond donors (Lipinski definition) is 6. The van der Waals surface area contributed by atoms with Gasteiger partial charge in [0.25, 0.3) is 5.56 Å². The molecule has 5 unspecified atom stereocenters. The third-order valence-electron chi connectivity index (χ3n) is 3.15. The number of aromatic nitrogens is 2. The fourth-order valence-corrected chi connectivity index (χ4v) is 3.67. The Hall–Kier alpha value is -0.653. The summed E-state index contributed by atoms with van der Waals surface area (Å²) in [4.78, 5) is 50.3. The molecule has 6 N–H and O–H groups in total. The molecule has 0 spiro atoms. The first-order valence-corrected chi connectivity index (χ1v) is 9.60. The van der Waals surface area contributed by atoms with E-state index in [9.17, 15) is 33.3 Å². The van der Waals surface area contributed by atoms with Crippen molar-refractivity contribution in [3.05, 3.63) is 32.9 Å². The number of H-pyrrole nitrogens is 1. The number of halogens is 1. The fraction of sp³-hybridized carbons (Fsp3) is 0.556.